The monoisotopic (exact) mass is 1150 g/mol. The van der Waals surface area contributed by atoms with Crippen molar-refractivity contribution in [2.45, 2.75) is 240 Å². The smallest absolute Gasteiger partial charge is 0.331 e. The Kier molecular flexibility index (Phi) is 19.6. The number of methoxy groups -OCH3 is 3. The number of aliphatic hydroxyl groups is 7. The Morgan fingerprint density at radius 1 is 0.728 bits per heavy atom. The normalized spacial score (nSPS) is 47.6. The van der Waals surface area contributed by atoms with Gasteiger partial charge < -0.3 is 97.3 Å². The number of ether oxygens (including phenoxy) is 13. The number of hydrogen-bond acceptors (Lipinski definition) is 22. The predicted molar refractivity (Wildman–Crippen MR) is 284 cm³/mol. The maximum absolute atomic E-state index is 13.9. The van der Waals surface area contributed by atoms with Gasteiger partial charge in [-0.25, -0.2) is 4.79 Å². The van der Waals surface area contributed by atoms with Gasteiger partial charge in [0.1, 0.15) is 67.1 Å². The lowest BCUT2D eigenvalue weighted by molar-refractivity contribution is -0.373. The van der Waals surface area contributed by atoms with Crippen LogP contribution in [0.15, 0.2) is 48.1 Å². The van der Waals surface area contributed by atoms with Crippen molar-refractivity contribution in [2.75, 3.05) is 27.9 Å². The number of hydrogen-bond donors (Lipinski definition) is 7. The predicted octanol–water partition coefficient (Wildman–Crippen LogP) is 2.60. The Morgan fingerprint density at radius 2 is 1.35 bits per heavy atom. The van der Waals surface area contributed by atoms with E-state index in [1.165, 1.54) is 27.2 Å². The Hall–Kier alpha value is -3.08. The zero-order valence-electron chi connectivity index (χ0n) is 48.2. The summed E-state index contributed by atoms with van der Waals surface area (Å²) < 4.78 is 81.0. The van der Waals surface area contributed by atoms with Gasteiger partial charge in [-0.05, 0) is 95.1 Å². The number of esters is 2. The molecule has 81 heavy (non-hydrogen) atoms. The van der Waals surface area contributed by atoms with Crippen LogP contribution in [0, 0.1) is 28.6 Å². The highest BCUT2D eigenvalue weighted by atomic mass is 16.8. The third-order valence-corrected chi connectivity index (χ3v) is 19.6. The van der Waals surface area contributed by atoms with Gasteiger partial charge in [-0.1, -0.05) is 55.8 Å². The molecular formula is C59H88O22. The molecule has 9 rings (SSSR count). The minimum Gasteiger partial charge on any atom is -0.458 e. The Balaban J connectivity index is 0.831. The third-order valence-electron chi connectivity index (χ3n) is 19.6. The number of rotatable bonds is 17. The van der Waals surface area contributed by atoms with Gasteiger partial charge >= 0.3 is 11.9 Å². The second-order valence-corrected chi connectivity index (χ2v) is 24.2. The molecule has 22 heteroatoms. The van der Waals surface area contributed by atoms with Crippen molar-refractivity contribution >= 4 is 18.0 Å². The van der Waals surface area contributed by atoms with Crippen LogP contribution in [0.2, 0.25) is 0 Å². The van der Waals surface area contributed by atoms with Crippen LogP contribution in [0.3, 0.4) is 0 Å². The van der Waals surface area contributed by atoms with E-state index in [-0.39, 0.29) is 18.4 Å². The van der Waals surface area contributed by atoms with Crippen LogP contribution >= 0.6 is 0 Å². The first-order valence-electron chi connectivity index (χ1n) is 28.9. The van der Waals surface area contributed by atoms with E-state index in [1.54, 1.807) is 34.0 Å². The average Bonchev–Trinajstić information content (AvgIpc) is 3.69. The largest absolute Gasteiger partial charge is 0.458 e. The summed E-state index contributed by atoms with van der Waals surface area (Å²) >= 11 is 0. The number of benzene rings is 1. The molecule has 0 radical (unpaired) electrons. The lowest BCUT2D eigenvalue weighted by atomic mass is 9.43. The first-order chi connectivity index (χ1) is 38.5. The van der Waals surface area contributed by atoms with Crippen LogP contribution in [0.5, 0.6) is 0 Å². The molecule has 0 spiro atoms. The fourth-order valence-corrected chi connectivity index (χ4v) is 15.4. The summed E-state index contributed by atoms with van der Waals surface area (Å²) in [5.41, 5.74) is -1.20. The van der Waals surface area contributed by atoms with Crippen molar-refractivity contribution in [3.8, 4) is 0 Å². The molecule has 7 fully saturated rings. The Labute approximate surface area is 474 Å². The van der Waals surface area contributed by atoms with E-state index < -0.39 is 176 Å². The molecule has 0 aromatic heterocycles. The summed E-state index contributed by atoms with van der Waals surface area (Å²) in [5.74, 6) is -2.41. The minimum atomic E-state index is -1.68. The Morgan fingerprint density at radius 3 is 1.96 bits per heavy atom. The van der Waals surface area contributed by atoms with E-state index in [0.717, 1.165) is 11.1 Å². The maximum atomic E-state index is 13.9. The quantitative estimate of drug-likeness (QED) is 0.0670. The molecule has 0 amide bonds. The summed E-state index contributed by atoms with van der Waals surface area (Å²) in [5, 5.41) is 76.9. The maximum Gasteiger partial charge on any atom is 0.331 e. The van der Waals surface area contributed by atoms with Gasteiger partial charge in [-0.15, -0.1) is 0 Å². The van der Waals surface area contributed by atoms with Gasteiger partial charge in [0.15, 0.2) is 25.2 Å². The molecule has 4 aliphatic carbocycles. The van der Waals surface area contributed by atoms with Gasteiger partial charge in [0.25, 0.3) is 0 Å². The highest BCUT2D eigenvalue weighted by Crippen LogP contribution is 2.69. The van der Waals surface area contributed by atoms with Crippen LogP contribution in [0.25, 0.3) is 6.08 Å². The first-order valence-corrected chi connectivity index (χ1v) is 28.9. The van der Waals surface area contributed by atoms with Crippen LogP contribution in [0.1, 0.15) is 105 Å². The van der Waals surface area contributed by atoms with Crippen molar-refractivity contribution in [1.82, 2.24) is 0 Å². The molecule has 0 bridgehead atoms. The zero-order valence-corrected chi connectivity index (χ0v) is 48.2. The summed E-state index contributed by atoms with van der Waals surface area (Å²) in [7, 11) is 4.51. The molecular weight excluding hydrogens is 1060 g/mol. The molecule has 456 valence electrons. The van der Waals surface area contributed by atoms with Gasteiger partial charge in [-0.3, -0.25) is 4.79 Å². The standard InChI is InChI=1S/C59H88O22/c1-28(61)36-21-23-59(68)37-18-17-34-24-35(20-22-57(34,6)44(37)52(75-32(5)62)54(58(36,59)7)78-41(63)19-16-33-14-12-11-13-15-33)76-42-25-38(69-8)49(29(2)72-42)79-43-26-39(70-9)50(30(3)73-43)80-56-48(67)53(71-10)51(31(4)74-56)81-55-47(66)46(65)45(64)40(27-60)77-55/h11-17,19,28-31,35-40,42-56,60-61,64-68H,18,20-27H2,1-10H3. The van der Waals surface area contributed by atoms with E-state index in [9.17, 15) is 45.3 Å². The van der Waals surface area contributed by atoms with Crippen molar-refractivity contribution in [3.63, 3.8) is 0 Å². The van der Waals surface area contributed by atoms with Crippen LogP contribution in [-0.2, 0) is 71.2 Å². The molecule has 7 N–H and O–H groups in total. The highest BCUT2D eigenvalue weighted by Gasteiger charge is 2.75. The van der Waals surface area contributed by atoms with E-state index >= 15 is 0 Å². The third kappa shape index (κ3) is 12.0. The number of allylic oxidation sites excluding steroid dienone is 1. The van der Waals surface area contributed by atoms with Crippen molar-refractivity contribution in [2.24, 2.45) is 28.6 Å². The second kappa shape index (κ2) is 25.5. The fraction of sp³-hybridized carbons (Fsp3) is 0.797. The number of aliphatic hydroxyl groups excluding tert-OH is 6. The highest BCUT2D eigenvalue weighted by molar-refractivity contribution is 5.87. The summed E-state index contributed by atoms with van der Waals surface area (Å²) in [6, 6.07) is 9.36. The second-order valence-electron chi connectivity index (χ2n) is 24.2. The molecule has 4 saturated heterocycles. The summed E-state index contributed by atoms with van der Waals surface area (Å²) in [6.45, 7) is 11.8. The number of carbonyl (C=O) groups is 2. The van der Waals surface area contributed by atoms with Crippen molar-refractivity contribution < 1.29 is 107 Å². The zero-order chi connectivity index (χ0) is 58.5. The molecule has 1 aromatic carbocycles. The molecule has 3 saturated carbocycles. The minimum absolute atomic E-state index is 0.225. The molecule has 4 heterocycles. The average molecular weight is 1150 g/mol. The van der Waals surface area contributed by atoms with Crippen LogP contribution < -0.4 is 0 Å². The number of fused-ring (bicyclic) bond motifs is 5. The van der Waals surface area contributed by atoms with Gasteiger partial charge in [0, 0.05) is 58.5 Å². The van der Waals surface area contributed by atoms with Crippen molar-refractivity contribution in [3.05, 3.63) is 53.6 Å². The lowest BCUT2D eigenvalue weighted by Gasteiger charge is -2.65. The van der Waals surface area contributed by atoms with Gasteiger partial charge in [-0.2, -0.15) is 0 Å². The molecule has 8 aliphatic rings. The molecule has 1 aromatic rings. The van der Waals surface area contributed by atoms with Gasteiger partial charge in [0.05, 0.1) is 54.9 Å². The van der Waals surface area contributed by atoms with E-state index in [2.05, 4.69) is 13.0 Å². The van der Waals surface area contributed by atoms with Crippen LogP contribution in [-0.4, -0.2) is 216 Å². The molecule has 28 unspecified atom stereocenters. The molecule has 4 aliphatic heterocycles. The summed E-state index contributed by atoms with van der Waals surface area (Å²) in [6.07, 6.45) is -12.4. The first kappa shape index (κ1) is 62.5. The van der Waals surface area contributed by atoms with Crippen molar-refractivity contribution in [1.29, 1.82) is 0 Å². The number of carbonyl (C=O) groups excluding carboxylic acids is 2. The molecule has 28 atom stereocenters. The fourth-order valence-electron chi connectivity index (χ4n) is 15.4. The van der Waals surface area contributed by atoms with Crippen LogP contribution in [0.4, 0.5) is 0 Å². The SMILES string of the molecule is COC1CC(OC2CCC3(C)C(=CCC4C3C(OC(C)=O)C(OC(=O)C=Cc3ccccc3)C3(C)C(C(C)O)CCC43O)C2)OC(C)C1OC1CC(OC)C(OC2OC(C)C(OC3OC(CO)C(O)C(O)C3O)C(OC)C2O)C(C)O1. The molecule has 22 nitrogen and oxygen atoms in total. The summed E-state index contributed by atoms with van der Waals surface area (Å²) in [4.78, 5) is 27.1. The van der Waals surface area contributed by atoms with E-state index in [1.807, 2.05) is 44.2 Å². The topological polar surface area (TPSA) is 296 Å². The lowest BCUT2D eigenvalue weighted by Crippen LogP contribution is -2.72. The Bertz CT molecular complexity index is 2340. The van der Waals surface area contributed by atoms with E-state index in [0.29, 0.717) is 44.9 Å². The van der Waals surface area contributed by atoms with E-state index in [4.69, 9.17) is 61.6 Å². The van der Waals surface area contributed by atoms with Gasteiger partial charge in [0.2, 0.25) is 0 Å².